The maximum Gasteiger partial charge on any atom is 0.262 e. The van der Waals surface area contributed by atoms with E-state index in [-0.39, 0.29) is 12.5 Å². The summed E-state index contributed by atoms with van der Waals surface area (Å²) in [6.45, 7) is 1.72. The zero-order chi connectivity index (χ0) is 12.4. The fourth-order valence-corrected chi connectivity index (χ4v) is 2.24. The van der Waals surface area contributed by atoms with Gasteiger partial charge in [0.15, 0.2) is 6.61 Å². The number of ether oxygens (including phenoxy) is 2. The van der Waals surface area contributed by atoms with Gasteiger partial charge in [0, 0.05) is 31.0 Å². The van der Waals surface area contributed by atoms with Crippen molar-refractivity contribution in [3.05, 3.63) is 18.2 Å². The summed E-state index contributed by atoms with van der Waals surface area (Å²) in [6, 6.07) is 6.22. The van der Waals surface area contributed by atoms with Crippen LogP contribution in [0.2, 0.25) is 0 Å². The molecule has 0 unspecified atom stereocenters. The highest BCUT2D eigenvalue weighted by Crippen LogP contribution is 2.31. The van der Waals surface area contributed by atoms with E-state index < -0.39 is 0 Å². The highest BCUT2D eigenvalue weighted by atomic mass is 16.5. The van der Waals surface area contributed by atoms with Crippen molar-refractivity contribution >= 4 is 17.3 Å². The van der Waals surface area contributed by atoms with Crippen LogP contribution >= 0.6 is 0 Å². The first-order valence-corrected chi connectivity index (χ1v) is 6.22. The number of benzene rings is 1. The van der Waals surface area contributed by atoms with Crippen LogP contribution in [0.5, 0.6) is 5.75 Å². The molecular formula is C13H16N2O3. The second-order valence-corrected chi connectivity index (χ2v) is 4.58. The molecule has 0 radical (unpaired) electrons. The first-order valence-electron chi connectivity index (χ1n) is 6.22. The van der Waals surface area contributed by atoms with Crippen LogP contribution in [0.3, 0.4) is 0 Å². The minimum atomic E-state index is -0.104. The maximum atomic E-state index is 11.2. The summed E-state index contributed by atoms with van der Waals surface area (Å²) in [5.74, 6) is 0.624. The van der Waals surface area contributed by atoms with Gasteiger partial charge in [-0.3, -0.25) is 4.79 Å². The molecule has 0 saturated carbocycles. The molecule has 96 valence electrons. The number of fused-ring (bicyclic) bond motifs is 1. The maximum absolute atomic E-state index is 11.2. The predicted molar refractivity (Wildman–Crippen MR) is 68.0 cm³/mol. The topological polar surface area (TPSA) is 59.6 Å². The van der Waals surface area contributed by atoms with Crippen LogP contribution < -0.4 is 15.4 Å². The van der Waals surface area contributed by atoms with Crippen molar-refractivity contribution in [2.24, 2.45) is 0 Å². The number of hydrogen-bond acceptors (Lipinski definition) is 4. The number of anilines is 2. The highest BCUT2D eigenvalue weighted by Gasteiger charge is 2.17. The molecule has 1 aromatic rings. The van der Waals surface area contributed by atoms with E-state index in [0.29, 0.717) is 6.04 Å². The van der Waals surface area contributed by atoms with Crippen LogP contribution in [-0.2, 0) is 9.53 Å². The molecule has 3 rings (SSSR count). The van der Waals surface area contributed by atoms with Gasteiger partial charge in [-0.05, 0) is 25.0 Å². The fourth-order valence-electron chi connectivity index (χ4n) is 2.24. The summed E-state index contributed by atoms with van der Waals surface area (Å²) in [7, 11) is 0. The molecule has 1 amide bonds. The van der Waals surface area contributed by atoms with E-state index in [9.17, 15) is 4.79 Å². The molecule has 1 saturated heterocycles. The van der Waals surface area contributed by atoms with Crippen LogP contribution in [0.25, 0.3) is 0 Å². The molecule has 1 aromatic carbocycles. The van der Waals surface area contributed by atoms with Gasteiger partial charge in [-0.2, -0.15) is 0 Å². The molecule has 0 aliphatic carbocycles. The van der Waals surface area contributed by atoms with E-state index in [4.69, 9.17) is 9.47 Å². The Morgan fingerprint density at radius 2 is 2.11 bits per heavy atom. The molecular weight excluding hydrogens is 232 g/mol. The molecule has 2 heterocycles. The Hall–Kier alpha value is -1.75. The smallest absolute Gasteiger partial charge is 0.262 e. The van der Waals surface area contributed by atoms with Gasteiger partial charge >= 0.3 is 0 Å². The van der Waals surface area contributed by atoms with Gasteiger partial charge < -0.3 is 20.1 Å². The Morgan fingerprint density at radius 1 is 1.28 bits per heavy atom. The second kappa shape index (κ2) is 4.86. The predicted octanol–water partition coefficient (Wildman–Crippen LogP) is 1.61. The quantitative estimate of drug-likeness (QED) is 0.834. The molecule has 1 fully saturated rings. The van der Waals surface area contributed by atoms with E-state index in [1.807, 2.05) is 18.2 Å². The molecule has 18 heavy (non-hydrogen) atoms. The third kappa shape index (κ3) is 2.41. The van der Waals surface area contributed by atoms with E-state index in [2.05, 4.69) is 10.6 Å². The summed E-state index contributed by atoms with van der Waals surface area (Å²) in [5.41, 5.74) is 1.76. The van der Waals surface area contributed by atoms with Gasteiger partial charge in [0.2, 0.25) is 0 Å². The van der Waals surface area contributed by atoms with Gasteiger partial charge in [-0.25, -0.2) is 0 Å². The Bertz CT molecular complexity index is 456. The minimum Gasteiger partial charge on any atom is -0.482 e. The number of carbonyl (C=O) groups is 1. The lowest BCUT2D eigenvalue weighted by molar-refractivity contribution is -0.118. The zero-order valence-electron chi connectivity index (χ0n) is 10.1. The summed E-state index contributed by atoms with van der Waals surface area (Å²) in [4.78, 5) is 11.2. The lowest BCUT2D eigenvalue weighted by Crippen LogP contribution is -2.28. The van der Waals surface area contributed by atoms with Crippen LogP contribution in [-0.4, -0.2) is 31.8 Å². The minimum absolute atomic E-state index is 0.0910. The average molecular weight is 248 g/mol. The van der Waals surface area contributed by atoms with E-state index in [0.717, 1.165) is 43.2 Å². The fraction of sp³-hybridized carbons (Fsp3) is 0.462. The summed E-state index contributed by atoms with van der Waals surface area (Å²) >= 11 is 0. The Labute approximate surface area is 105 Å². The molecule has 5 heteroatoms. The largest absolute Gasteiger partial charge is 0.482 e. The Balaban J connectivity index is 1.71. The lowest BCUT2D eigenvalue weighted by atomic mass is 10.1. The monoisotopic (exact) mass is 248 g/mol. The first kappa shape index (κ1) is 11.3. The Kier molecular flexibility index (Phi) is 3.06. The van der Waals surface area contributed by atoms with Crippen molar-refractivity contribution in [2.45, 2.75) is 18.9 Å². The number of nitrogens with one attached hydrogen (secondary N) is 2. The molecule has 2 aliphatic rings. The number of hydrogen-bond donors (Lipinski definition) is 2. The number of rotatable bonds is 2. The van der Waals surface area contributed by atoms with Crippen molar-refractivity contribution < 1.29 is 14.3 Å². The van der Waals surface area contributed by atoms with Crippen LogP contribution in [0, 0.1) is 0 Å². The van der Waals surface area contributed by atoms with Crippen molar-refractivity contribution in [1.29, 1.82) is 0 Å². The molecule has 0 spiro atoms. The second-order valence-electron chi connectivity index (χ2n) is 4.58. The number of amides is 1. The molecule has 0 atom stereocenters. The molecule has 0 aromatic heterocycles. The molecule has 2 aliphatic heterocycles. The highest BCUT2D eigenvalue weighted by molar-refractivity contribution is 5.95. The molecule has 2 N–H and O–H groups in total. The van der Waals surface area contributed by atoms with Gasteiger partial charge in [0.1, 0.15) is 5.75 Å². The summed E-state index contributed by atoms with van der Waals surface area (Å²) < 4.78 is 10.7. The van der Waals surface area contributed by atoms with Crippen molar-refractivity contribution in [3.8, 4) is 5.75 Å². The van der Waals surface area contributed by atoms with E-state index >= 15 is 0 Å². The van der Waals surface area contributed by atoms with Crippen molar-refractivity contribution in [1.82, 2.24) is 0 Å². The van der Waals surface area contributed by atoms with Gasteiger partial charge in [0.25, 0.3) is 5.91 Å². The lowest BCUT2D eigenvalue weighted by Gasteiger charge is -2.25. The standard InChI is InChI=1S/C13H16N2O3/c16-13-8-18-12-7-10(1-2-11(12)15-13)14-9-3-5-17-6-4-9/h1-2,7,9,14H,3-6,8H2,(H,15,16). The SMILES string of the molecule is O=C1COc2cc(NC3CCOCC3)ccc2N1. The summed E-state index contributed by atoms with van der Waals surface area (Å²) in [6.07, 6.45) is 2.04. The van der Waals surface area contributed by atoms with Crippen molar-refractivity contribution in [3.63, 3.8) is 0 Å². The normalized spacial score (nSPS) is 19.7. The molecule has 5 nitrogen and oxygen atoms in total. The zero-order valence-corrected chi connectivity index (χ0v) is 10.1. The number of carbonyl (C=O) groups excluding carboxylic acids is 1. The van der Waals surface area contributed by atoms with Crippen LogP contribution in [0.15, 0.2) is 18.2 Å². The van der Waals surface area contributed by atoms with Gasteiger partial charge in [0.05, 0.1) is 5.69 Å². The van der Waals surface area contributed by atoms with Crippen LogP contribution in [0.4, 0.5) is 11.4 Å². The van der Waals surface area contributed by atoms with E-state index in [1.54, 1.807) is 0 Å². The summed E-state index contributed by atoms with van der Waals surface area (Å²) in [5, 5.41) is 6.25. The Morgan fingerprint density at radius 3 is 2.94 bits per heavy atom. The third-order valence-electron chi connectivity index (χ3n) is 3.21. The molecule has 0 bridgehead atoms. The first-order chi connectivity index (χ1) is 8.81. The van der Waals surface area contributed by atoms with Gasteiger partial charge in [-0.15, -0.1) is 0 Å². The van der Waals surface area contributed by atoms with Crippen molar-refractivity contribution in [2.75, 3.05) is 30.5 Å². The average Bonchev–Trinajstić information content (AvgIpc) is 2.40. The van der Waals surface area contributed by atoms with Crippen LogP contribution in [0.1, 0.15) is 12.8 Å². The van der Waals surface area contributed by atoms with E-state index in [1.165, 1.54) is 0 Å². The van der Waals surface area contributed by atoms with Gasteiger partial charge in [-0.1, -0.05) is 0 Å². The third-order valence-corrected chi connectivity index (χ3v) is 3.21.